The first-order valence-corrected chi connectivity index (χ1v) is 12.5. The summed E-state index contributed by atoms with van der Waals surface area (Å²) in [6, 6.07) is 0.720. The molecule has 0 amide bonds. The third-order valence-electron chi connectivity index (χ3n) is 5.76. The predicted octanol–water partition coefficient (Wildman–Crippen LogP) is 8.81. The van der Waals surface area contributed by atoms with Gasteiger partial charge in [0, 0.05) is 6.04 Å². The summed E-state index contributed by atoms with van der Waals surface area (Å²) in [7, 11) is 0. The Balaban J connectivity index is 3.05. The molecule has 158 valence electrons. The SMILES string of the molecule is CCCCCCCCCCCCCCCCCCNC(C)CCCCC. The minimum absolute atomic E-state index is 0.720. The van der Waals surface area contributed by atoms with E-state index in [0.717, 1.165) is 6.04 Å². The number of hydrogen-bond donors (Lipinski definition) is 1. The van der Waals surface area contributed by atoms with Crippen molar-refractivity contribution in [3.63, 3.8) is 0 Å². The van der Waals surface area contributed by atoms with E-state index >= 15 is 0 Å². The molecule has 1 unspecified atom stereocenters. The molecule has 1 nitrogen and oxygen atoms in total. The van der Waals surface area contributed by atoms with Crippen LogP contribution >= 0.6 is 0 Å². The van der Waals surface area contributed by atoms with Crippen LogP contribution < -0.4 is 5.32 Å². The summed E-state index contributed by atoms with van der Waals surface area (Å²) in [5.74, 6) is 0. The summed E-state index contributed by atoms with van der Waals surface area (Å²) in [5.41, 5.74) is 0. The Bertz CT molecular complexity index is 238. The van der Waals surface area contributed by atoms with E-state index < -0.39 is 0 Å². The van der Waals surface area contributed by atoms with Gasteiger partial charge in [-0.3, -0.25) is 0 Å². The van der Waals surface area contributed by atoms with Gasteiger partial charge in [0.15, 0.2) is 0 Å². The van der Waals surface area contributed by atoms with Crippen molar-refractivity contribution in [3.8, 4) is 0 Å². The molecule has 0 aliphatic rings. The number of rotatable bonds is 22. The van der Waals surface area contributed by atoms with Gasteiger partial charge in [0.1, 0.15) is 0 Å². The van der Waals surface area contributed by atoms with Crippen LogP contribution in [0.3, 0.4) is 0 Å². The van der Waals surface area contributed by atoms with Gasteiger partial charge in [-0.05, 0) is 26.3 Å². The highest BCUT2D eigenvalue weighted by molar-refractivity contribution is 4.60. The lowest BCUT2D eigenvalue weighted by atomic mass is 10.0. The quantitative estimate of drug-likeness (QED) is 0.188. The van der Waals surface area contributed by atoms with Gasteiger partial charge < -0.3 is 5.32 Å². The Labute approximate surface area is 167 Å². The first-order valence-electron chi connectivity index (χ1n) is 12.5. The first-order chi connectivity index (χ1) is 12.8. The monoisotopic (exact) mass is 367 g/mol. The maximum atomic E-state index is 3.69. The zero-order valence-electron chi connectivity index (χ0n) is 18.9. The molecule has 0 aromatic carbocycles. The third-order valence-corrected chi connectivity index (χ3v) is 5.76. The van der Waals surface area contributed by atoms with Crippen LogP contribution in [0.2, 0.25) is 0 Å². The predicted molar refractivity (Wildman–Crippen MR) is 121 cm³/mol. The number of hydrogen-bond acceptors (Lipinski definition) is 1. The maximum Gasteiger partial charge on any atom is 0.00387 e. The lowest BCUT2D eigenvalue weighted by Gasteiger charge is -2.13. The van der Waals surface area contributed by atoms with Crippen molar-refractivity contribution in [2.45, 2.75) is 155 Å². The third kappa shape index (κ3) is 22.0. The van der Waals surface area contributed by atoms with E-state index in [9.17, 15) is 0 Å². The summed E-state index contributed by atoms with van der Waals surface area (Å²) in [6.45, 7) is 8.16. The zero-order valence-corrected chi connectivity index (χ0v) is 18.9. The van der Waals surface area contributed by atoms with Gasteiger partial charge in [-0.25, -0.2) is 0 Å². The average Bonchev–Trinajstić information content (AvgIpc) is 2.64. The van der Waals surface area contributed by atoms with E-state index in [-0.39, 0.29) is 0 Å². The van der Waals surface area contributed by atoms with Crippen molar-refractivity contribution in [1.82, 2.24) is 5.32 Å². The molecule has 0 bridgehead atoms. The second-order valence-corrected chi connectivity index (χ2v) is 8.65. The van der Waals surface area contributed by atoms with E-state index in [2.05, 4.69) is 26.1 Å². The molecular weight excluding hydrogens is 314 g/mol. The lowest BCUT2D eigenvalue weighted by molar-refractivity contribution is 0.470. The van der Waals surface area contributed by atoms with Crippen LogP contribution in [0.5, 0.6) is 0 Å². The van der Waals surface area contributed by atoms with Crippen LogP contribution in [0.15, 0.2) is 0 Å². The fraction of sp³-hybridized carbons (Fsp3) is 1.00. The van der Waals surface area contributed by atoms with Gasteiger partial charge in [0.05, 0.1) is 0 Å². The van der Waals surface area contributed by atoms with Crippen molar-refractivity contribution >= 4 is 0 Å². The molecule has 0 radical (unpaired) electrons. The van der Waals surface area contributed by atoms with Crippen LogP contribution in [-0.4, -0.2) is 12.6 Å². The highest BCUT2D eigenvalue weighted by Crippen LogP contribution is 2.13. The summed E-state index contributed by atoms with van der Waals surface area (Å²) < 4.78 is 0. The second-order valence-electron chi connectivity index (χ2n) is 8.65. The van der Waals surface area contributed by atoms with Crippen LogP contribution in [0.1, 0.15) is 149 Å². The molecule has 1 atom stereocenters. The largest absolute Gasteiger partial charge is 0.314 e. The molecule has 0 aliphatic carbocycles. The lowest BCUT2D eigenvalue weighted by Crippen LogP contribution is -2.26. The molecular formula is C25H53N. The molecule has 0 saturated heterocycles. The van der Waals surface area contributed by atoms with E-state index in [1.807, 2.05) is 0 Å². The molecule has 0 saturated carbocycles. The van der Waals surface area contributed by atoms with Crippen molar-refractivity contribution in [2.75, 3.05) is 6.54 Å². The standard InChI is InChI=1S/C25H53N/c1-4-6-8-9-10-11-12-13-14-15-16-17-18-19-20-22-24-26-25(3)23-21-7-5-2/h25-26H,4-24H2,1-3H3. The second kappa shape index (κ2) is 23.0. The Hall–Kier alpha value is -0.0400. The number of unbranched alkanes of at least 4 members (excludes halogenated alkanes) is 17. The Morgan fingerprint density at radius 2 is 0.808 bits per heavy atom. The Morgan fingerprint density at radius 1 is 0.462 bits per heavy atom. The highest BCUT2D eigenvalue weighted by Gasteiger charge is 2.00. The molecule has 0 rings (SSSR count). The van der Waals surface area contributed by atoms with E-state index in [0.29, 0.717) is 0 Å². The molecule has 0 aliphatic heterocycles. The van der Waals surface area contributed by atoms with Gasteiger partial charge in [-0.1, -0.05) is 129 Å². The van der Waals surface area contributed by atoms with Gasteiger partial charge in [0.2, 0.25) is 0 Å². The molecule has 0 aromatic rings. The maximum absolute atomic E-state index is 3.69. The van der Waals surface area contributed by atoms with Crippen LogP contribution in [0, 0.1) is 0 Å². The van der Waals surface area contributed by atoms with Gasteiger partial charge in [-0.2, -0.15) is 0 Å². The van der Waals surface area contributed by atoms with E-state index in [1.54, 1.807) is 0 Å². The Morgan fingerprint density at radius 3 is 1.23 bits per heavy atom. The van der Waals surface area contributed by atoms with Crippen LogP contribution in [-0.2, 0) is 0 Å². The van der Waals surface area contributed by atoms with Gasteiger partial charge >= 0.3 is 0 Å². The molecule has 0 heterocycles. The molecule has 1 heteroatoms. The van der Waals surface area contributed by atoms with Crippen molar-refractivity contribution < 1.29 is 0 Å². The average molecular weight is 368 g/mol. The number of nitrogens with one attached hydrogen (secondary N) is 1. The van der Waals surface area contributed by atoms with E-state index in [1.165, 1.54) is 135 Å². The van der Waals surface area contributed by atoms with E-state index in [4.69, 9.17) is 0 Å². The molecule has 1 N–H and O–H groups in total. The van der Waals surface area contributed by atoms with Crippen molar-refractivity contribution in [2.24, 2.45) is 0 Å². The first kappa shape index (κ1) is 26.0. The topological polar surface area (TPSA) is 12.0 Å². The summed E-state index contributed by atoms with van der Waals surface area (Å²) in [6.07, 6.45) is 28.8. The minimum atomic E-state index is 0.720. The van der Waals surface area contributed by atoms with Gasteiger partial charge in [-0.15, -0.1) is 0 Å². The summed E-state index contributed by atoms with van der Waals surface area (Å²) in [4.78, 5) is 0. The summed E-state index contributed by atoms with van der Waals surface area (Å²) in [5, 5.41) is 3.69. The van der Waals surface area contributed by atoms with Crippen LogP contribution in [0.25, 0.3) is 0 Å². The van der Waals surface area contributed by atoms with Crippen molar-refractivity contribution in [3.05, 3.63) is 0 Å². The smallest absolute Gasteiger partial charge is 0.00387 e. The Kier molecular flexibility index (Phi) is 23.0. The zero-order chi connectivity index (χ0) is 19.1. The summed E-state index contributed by atoms with van der Waals surface area (Å²) >= 11 is 0. The normalized spacial score (nSPS) is 12.6. The van der Waals surface area contributed by atoms with Gasteiger partial charge in [0.25, 0.3) is 0 Å². The molecule has 0 aromatic heterocycles. The van der Waals surface area contributed by atoms with Crippen molar-refractivity contribution in [1.29, 1.82) is 0 Å². The van der Waals surface area contributed by atoms with Crippen LogP contribution in [0.4, 0.5) is 0 Å². The molecule has 0 fully saturated rings. The fourth-order valence-electron chi connectivity index (χ4n) is 3.82. The molecule has 26 heavy (non-hydrogen) atoms. The highest BCUT2D eigenvalue weighted by atomic mass is 14.9. The minimum Gasteiger partial charge on any atom is -0.314 e. The molecule has 0 spiro atoms. The fourth-order valence-corrected chi connectivity index (χ4v) is 3.82.